The molecule has 1 aromatic rings. The van der Waals surface area contributed by atoms with E-state index in [1.807, 2.05) is 36.4 Å². The van der Waals surface area contributed by atoms with Crippen LogP contribution >= 0.6 is 46.1 Å². The molecule has 0 amide bonds. The first kappa shape index (κ1) is 15.7. The van der Waals surface area contributed by atoms with Crippen molar-refractivity contribution in [2.45, 2.75) is 12.5 Å². The molecule has 3 rings (SSSR count). The van der Waals surface area contributed by atoms with Crippen molar-refractivity contribution in [2.75, 3.05) is 7.11 Å². The molecule has 2 atom stereocenters. The molecule has 0 saturated carbocycles. The van der Waals surface area contributed by atoms with Crippen LogP contribution in [0.5, 0.6) is 0 Å². The van der Waals surface area contributed by atoms with Crippen LogP contribution in [0.1, 0.15) is 12.0 Å². The minimum Gasteiger partial charge on any atom is -0.309 e. The lowest BCUT2D eigenvalue weighted by molar-refractivity contribution is 0.231. The second kappa shape index (κ2) is 6.13. The van der Waals surface area contributed by atoms with E-state index in [-0.39, 0.29) is 6.10 Å². The maximum atomic E-state index is 13.0. The molecule has 1 heterocycles. The molecule has 2 aliphatic rings. The monoisotopic (exact) mass is 478 g/mol. The molecule has 6 heteroatoms. The maximum Gasteiger partial charge on any atom is 0.363 e. The quantitative estimate of drug-likeness (QED) is 0.414. The summed E-state index contributed by atoms with van der Waals surface area (Å²) in [4.78, 5) is 0. The summed E-state index contributed by atoms with van der Waals surface area (Å²) in [6.45, 7) is 0. The summed E-state index contributed by atoms with van der Waals surface area (Å²) < 4.78 is 26.0. The van der Waals surface area contributed by atoms with Crippen LogP contribution in [0.25, 0.3) is 5.31 Å². The minimum absolute atomic E-state index is 0.273. The fourth-order valence-electron chi connectivity index (χ4n) is 2.42. The van der Waals surface area contributed by atoms with Crippen molar-refractivity contribution in [3.63, 3.8) is 0 Å². The zero-order valence-corrected chi connectivity index (χ0v) is 15.9. The van der Waals surface area contributed by atoms with E-state index in [1.165, 1.54) is 7.11 Å². The molecule has 0 spiro atoms. The highest BCUT2D eigenvalue weighted by Crippen LogP contribution is 2.69. The zero-order chi connectivity index (χ0) is 15.0. The van der Waals surface area contributed by atoms with Crippen LogP contribution in [-0.2, 0) is 13.6 Å². The van der Waals surface area contributed by atoms with Gasteiger partial charge in [0.2, 0.25) is 0 Å². The fraction of sp³-hybridized carbons (Fsp3) is 0.200. The van der Waals surface area contributed by atoms with E-state index in [0.29, 0.717) is 5.31 Å². The van der Waals surface area contributed by atoms with E-state index in [4.69, 9.17) is 9.05 Å². The summed E-state index contributed by atoms with van der Waals surface area (Å²) in [5.41, 5.74) is 1.99. The molecular weight excluding hydrogens is 466 g/mol. The van der Waals surface area contributed by atoms with Gasteiger partial charge in [0, 0.05) is 15.2 Å². The molecule has 0 aromatic heterocycles. The lowest BCUT2D eigenvalue weighted by Gasteiger charge is -2.15. The van der Waals surface area contributed by atoms with Gasteiger partial charge in [-0.25, -0.2) is 0 Å². The minimum atomic E-state index is -3.27. The first-order valence-electron chi connectivity index (χ1n) is 6.41. The van der Waals surface area contributed by atoms with Gasteiger partial charge >= 0.3 is 7.60 Å². The molecule has 0 radical (unpaired) electrons. The van der Waals surface area contributed by atoms with E-state index in [0.717, 1.165) is 25.6 Å². The predicted octanol–water partition coefficient (Wildman–Crippen LogP) is 5.68. The first-order valence-corrected chi connectivity index (χ1v) is 9.82. The van der Waals surface area contributed by atoms with Crippen LogP contribution < -0.4 is 0 Å². The van der Waals surface area contributed by atoms with E-state index < -0.39 is 7.60 Å². The van der Waals surface area contributed by atoms with Gasteiger partial charge in [-0.2, -0.15) is 0 Å². The Hall–Kier alpha value is -0.200. The zero-order valence-electron chi connectivity index (χ0n) is 11.3. The second-order valence-corrected chi connectivity index (χ2v) is 8.84. The van der Waals surface area contributed by atoms with Gasteiger partial charge in [0.15, 0.2) is 0 Å². The van der Waals surface area contributed by atoms with Gasteiger partial charge in [-0.3, -0.25) is 9.09 Å². The highest BCUT2D eigenvalue weighted by molar-refractivity contribution is 14.1. The van der Waals surface area contributed by atoms with Crippen molar-refractivity contribution in [1.29, 1.82) is 0 Å². The summed E-state index contributed by atoms with van der Waals surface area (Å²) in [5, 5.41) is 0.677. The normalized spacial score (nSPS) is 28.3. The molecule has 3 nitrogen and oxygen atoms in total. The molecule has 0 fully saturated rings. The number of allylic oxidation sites excluding steroid dienone is 3. The van der Waals surface area contributed by atoms with Crippen LogP contribution in [0.3, 0.4) is 0 Å². The van der Waals surface area contributed by atoms with Gasteiger partial charge in [-0.05, 0) is 52.3 Å². The third-order valence-corrected chi connectivity index (χ3v) is 7.55. The molecule has 1 aromatic carbocycles. The Labute approximate surface area is 145 Å². The van der Waals surface area contributed by atoms with Crippen molar-refractivity contribution < 1.29 is 13.6 Å². The number of benzene rings is 1. The van der Waals surface area contributed by atoms with Crippen molar-refractivity contribution in [1.82, 2.24) is 0 Å². The highest BCUT2D eigenvalue weighted by Gasteiger charge is 2.45. The number of halogens is 2. The summed E-state index contributed by atoms with van der Waals surface area (Å²) in [6, 6.07) is 7.71. The van der Waals surface area contributed by atoms with Gasteiger partial charge in [0.25, 0.3) is 0 Å². The summed E-state index contributed by atoms with van der Waals surface area (Å²) in [6.07, 6.45) is 6.64. The van der Waals surface area contributed by atoms with Gasteiger partial charge in [0.05, 0.1) is 5.31 Å². The van der Waals surface area contributed by atoms with Crippen molar-refractivity contribution in [2.24, 2.45) is 0 Å². The van der Waals surface area contributed by atoms with Crippen molar-refractivity contribution >= 4 is 51.4 Å². The molecule has 0 saturated heterocycles. The van der Waals surface area contributed by atoms with E-state index in [9.17, 15) is 4.57 Å². The summed E-state index contributed by atoms with van der Waals surface area (Å²) >= 11 is 5.64. The van der Waals surface area contributed by atoms with Gasteiger partial charge in [0.1, 0.15) is 6.10 Å². The Balaban J connectivity index is 2.08. The third kappa shape index (κ3) is 2.86. The van der Waals surface area contributed by atoms with Gasteiger partial charge < -0.3 is 4.52 Å². The molecule has 0 N–H and O–H groups in total. The third-order valence-electron chi connectivity index (χ3n) is 3.47. The number of rotatable bonds is 3. The lowest BCUT2D eigenvalue weighted by atomic mass is 10.1. The molecular formula is C15H13BrIO3P. The molecule has 110 valence electrons. The number of hydrogen-bond acceptors (Lipinski definition) is 3. The van der Waals surface area contributed by atoms with Crippen LogP contribution in [0.4, 0.5) is 0 Å². The second-order valence-electron chi connectivity index (χ2n) is 4.74. The standard InChI is InChI=1S/C15H13BrIO3P/c1-19-21(18)15(11-6-8-12(16)9-7-11)13(17)14(20-21)10-4-2-3-5-10/h2-4,6-9,14H,5H2,1H3. The van der Waals surface area contributed by atoms with Crippen LogP contribution in [-0.4, -0.2) is 13.2 Å². The van der Waals surface area contributed by atoms with E-state index in [2.05, 4.69) is 44.6 Å². The molecule has 1 aliphatic heterocycles. The topological polar surface area (TPSA) is 35.5 Å². The summed E-state index contributed by atoms with van der Waals surface area (Å²) in [5.74, 6) is 0. The Morgan fingerprint density at radius 3 is 2.67 bits per heavy atom. The molecule has 0 bridgehead atoms. The predicted molar refractivity (Wildman–Crippen MR) is 96.4 cm³/mol. The van der Waals surface area contributed by atoms with Crippen LogP contribution in [0, 0.1) is 0 Å². The maximum absolute atomic E-state index is 13.0. The lowest BCUT2D eigenvalue weighted by Crippen LogP contribution is -2.08. The SMILES string of the molecule is COP1(=O)OC(C2=CC=CC2)C(I)=C1c1ccc(Br)cc1. The van der Waals surface area contributed by atoms with E-state index in [1.54, 1.807) is 0 Å². The van der Waals surface area contributed by atoms with Gasteiger partial charge in [-0.1, -0.05) is 46.3 Å². The average molecular weight is 479 g/mol. The number of hydrogen-bond donors (Lipinski definition) is 0. The molecule has 2 unspecified atom stereocenters. The largest absolute Gasteiger partial charge is 0.363 e. The smallest absolute Gasteiger partial charge is 0.309 e. The van der Waals surface area contributed by atoms with Crippen molar-refractivity contribution in [3.05, 3.63) is 61.7 Å². The van der Waals surface area contributed by atoms with Crippen LogP contribution in [0.2, 0.25) is 0 Å². The summed E-state index contributed by atoms with van der Waals surface area (Å²) in [7, 11) is -1.84. The average Bonchev–Trinajstić information content (AvgIpc) is 3.08. The van der Waals surface area contributed by atoms with Gasteiger partial charge in [-0.15, -0.1) is 0 Å². The Morgan fingerprint density at radius 1 is 1.38 bits per heavy atom. The van der Waals surface area contributed by atoms with E-state index >= 15 is 0 Å². The first-order chi connectivity index (χ1) is 10.0. The molecule has 21 heavy (non-hydrogen) atoms. The molecule has 1 aliphatic carbocycles. The van der Waals surface area contributed by atoms with Crippen LogP contribution in [0.15, 0.2) is 56.1 Å². The Kier molecular flexibility index (Phi) is 4.58. The Morgan fingerprint density at radius 2 is 2.10 bits per heavy atom. The highest BCUT2D eigenvalue weighted by atomic mass is 127. The van der Waals surface area contributed by atoms with Crippen molar-refractivity contribution in [3.8, 4) is 0 Å². The Bertz CT molecular complexity index is 706. The fourth-order valence-corrected chi connectivity index (χ4v) is 6.35.